The number of hydrogen-bond donors (Lipinski definition) is 0. The molecule has 0 bridgehead atoms. The fraction of sp³-hybridized carbons (Fsp3) is 0.455. The van der Waals surface area contributed by atoms with E-state index in [9.17, 15) is 0 Å². The second-order valence-corrected chi connectivity index (χ2v) is 6.64. The van der Waals surface area contributed by atoms with Gasteiger partial charge in [0.15, 0.2) is 0 Å². The van der Waals surface area contributed by atoms with Crippen LogP contribution >= 0.6 is 63.7 Å². The molecule has 4 heteroatoms. The third-order valence-corrected chi connectivity index (χ3v) is 7.15. The average molecular weight is 464 g/mol. The van der Waals surface area contributed by atoms with Crippen molar-refractivity contribution in [3.63, 3.8) is 0 Å². The molecule has 1 aromatic carbocycles. The topological polar surface area (TPSA) is 0 Å². The summed E-state index contributed by atoms with van der Waals surface area (Å²) < 4.78 is 4.62. The Hall–Kier alpha value is 1.14. The number of rotatable bonds is 3. The number of benzene rings is 1. The molecule has 0 saturated heterocycles. The summed E-state index contributed by atoms with van der Waals surface area (Å²) in [6.45, 7) is 4.30. The van der Waals surface area contributed by atoms with Crippen LogP contribution in [-0.4, -0.2) is 0 Å². The molecule has 0 aliphatic rings. The molecule has 0 atom stereocenters. The van der Waals surface area contributed by atoms with Crippen molar-refractivity contribution in [1.82, 2.24) is 0 Å². The van der Waals surface area contributed by atoms with E-state index < -0.39 is 0 Å². The van der Waals surface area contributed by atoms with Gasteiger partial charge in [-0.1, -0.05) is 13.3 Å². The van der Waals surface area contributed by atoms with Crippen LogP contribution in [0.4, 0.5) is 0 Å². The quantitative estimate of drug-likeness (QED) is 0.456. The molecule has 0 aliphatic carbocycles. The lowest BCUT2D eigenvalue weighted by Crippen LogP contribution is -1.94. The van der Waals surface area contributed by atoms with E-state index in [1.807, 2.05) is 0 Å². The Morgan fingerprint density at radius 3 is 1.73 bits per heavy atom. The number of unbranched alkanes of at least 4 members (excludes halogenated alkanes) is 1. The zero-order chi connectivity index (χ0) is 11.6. The van der Waals surface area contributed by atoms with E-state index in [1.54, 1.807) is 0 Å². The highest BCUT2D eigenvalue weighted by Crippen LogP contribution is 2.41. The summed E-state index contributed by atoms with van der Waals surface area (Å²) in [7, 11) is 0. The van der Waals surface area contributed by atoms with Crippen molar-refractivity contribution in [1.29, 1.82) is 0 Å². The molecule has 0 radical (unpaired) electrons. The van der Waals surface area contributed by atoms with Gasteiger partial charge in [-0.25, -0.2) is 0 Å². The van der Waals surface area contributed by atoms with Gasteiger partial charge in [0, 0.05) is 17.9 Å². The van der Waals surface area contributed by atoms with Crippen LogP contribution in [0.3, 0.4) is 0 Å². The lowest BCUT2D eigenvalue weighted by atomic mass is 10.1. The molecule has 0 fully saturated rings. The summed E-state index contributed by atoms with van der Waals surface area (Å²) in [5.74, 6) is 0. The molecule has 0 aromatic heterocycles. The van der Waals surface area contributed by atoms with Crippen LogP contribution in [0.5, 0.6) is 0 Å². The maximum Gasteiger partial charge on any atom is 0.0364 e. The Labute approximate surface area is 125 Å². The molecule has 0 amide bonds. The summed E-state index contributed by atoms with van der Waals surface area (Å²) in [6.07, 6.45) is 3.51. The monoisotopic (exact) mass is 460 g/mol. The van der Waals surface area contributed by atoms with Crippen molar-refractivity contribution >= 4 is 63.7 Å². The second kappa shape index (κ2) is 6.18. The molecule has 0 aliphatic heterocycles. The largest absolute Gasteiger partial charge is 0.0654 e. The molecule has 0 nitrogen and oxygen atoms in total. The Morgan fingerprint density at radius 1 is 0.867 bits per heavy atom. The lowest BCUT2D eigenvalue weighted by Gasteiger charge is -2.14. The van der Waals surface area contributed by atoms with Gasteiger partial charge in [-0.2, -0.15) is 0 Å². The number of hydrogen-bond acceptors (Lipinski definition) is 0. The van der Waals surface area contributed by atoms with E-state index in [0.29, 0.717) is 0 Å². The maximum absolute atomic E-state index is 3.65. The molecule has 0 N–H and O–H groups in total. The summed E-state index contributed by atoms with van der Waals surface area (Å²) in [6, 6.07) is 0. The Bertz CT molecular complexity index is 342. The van der Waals surface area contributed by atoms with Gasteiger partial charge in [0.2, 0.25) is 0 Å². The molecular formula is C11H12Br4. The summed E-state index contributed by atoms with van der Waals surface area (Å²) >= 11 is 14.5. The minimum atomic E-state index is 1.09. The maximum atomic E-state index is 3.65. The van der Waals surface area contributed by atoms with Crippen LogP contribution in [0.15, 0.2) is 17.9 Å². The zero-order valence-electron chi connectivity index (χ0n) is 8.63. The van der Waals surface area contributed by atoms with Crippen molar-refractivity contribution in [2.45, 2.75) is 33.1 Å². The van der Waals surface area contributed by atoms with Gasteiger partial charge in [-0.3, -0.25) is 0 Å². The highest BCUT2D eigenvalue weighted by atomic mass is 79.9. The molecule has 15 heavy (non-hydrogen) atoms. The van der Waals surface area contributed by atoms with Gasteiger partial charge in [0.1, 0.15) is 0 Å². The van der Waals surface area contributed by atoms with Crippen molar-refractivity contribution in [2.75, 3.05) is 0 Å². The molecule has 0 heterocycles. The average Bonchev–Trinajstić information content (AvgIpc) is 2.24. The van der Waals surface area contributed by atoms with E-state index in [-0.39, 0.29) is 0 Å². The normalized spacial score (nSPS) is 10.8. The van der Waals surface area contributed by atoms with Crippen LogP contribution in [0.1, 0.15) is 30.9 Å². The smallest absolute Gasteiger partial charge is 0.0364 e. The van der Waals surface area contributed by atoms with E-state index in [4.69, 9.17) is 0 Å². The van der Waals surface area contributed by atoms with Crippen LogP contribution < -0.4 is 0 Å². The Balaban J connectivity index is 3.26. The van der Waals surface area contributed by atoms with Gasteiger partial charge in [-0.15, -0.1) is 0 Å². The third kappa shape index (κ3) is 3.08. The first-order valence-corrected chi connectivity index (χ1v) is 7.99. The third-order valence-electron chi connectivity index (χ3n) is 2.35. The molecule has 0 saturated carbocycles. The lowest BCUT2D eigenvalue weighted by molar-refractivity contribution is 0.789. The van der Waals surface area contributed by atoms with Crippen molar-refractivity contribution in [2.24, 2.45) is 0 Å². The van der Waals surface area contributed by atoms with Gasteiger partial charge in [0.05, 0.1) is 0 Å². The fourth-order valence-electron chi connectivity index (χ4n) is 1.36. The van der Waals surface area contributed by atoms with Crippen molar-refractivity contribution in [3.8, 4) is 0 Å². The standard InChI is InChI=1S/C11H12Br4/c1-3-4-5-7-10(14)8(12)6(2)9(13)11(7)15/h3-5H2,1-2H3. The van der Waals surface area contributed by atoms with Gasteiger partial charge >= 0.3 is 0 Å². The predicted molar refractivity (Wildman–Crippen MR) is 80.6 cm³/mol. The Kier molecular flexibility index (Phi) is 5.85. The highest BCUT2D eigenvalue weighted by molar-refractivity contribution is 9.14. The summed E-state index contributed by atoms with van der Waals surface area (Å²) in [4.78, 5) is 0. The van der Waals surface area contributed by atoms with E-state index in [1.165, 1.54) is 32.9 Å². The minimum Gasteiger partial charge on any atom is -0.0654 e. The predicted octanol–water partition coefficient (Wildman–Crippen LogP) is 6.39. The zero-order valence-corrected chi connectivity index (χ0v) is 15.0. The molecule has 1 rings (SSSR count). The Morgan fingerprint density at radius 2 is 1.33 bits per heavy atom. The highest BCUT2D eigenvalue weighted by Gasteiger charge is 2.15. The van der Waals surface area contributed by atoms with Gasteiger partial charge in [-0.05, 0) is 94.6 Å². The van der Waals surface area contributed by atoms with Crippen LogP contribution in [0.2, 0.25) is 0 Å². The summed E-state index contributed by atoms with van der Waals surface area (Å²) in [5, 5.41) is 0. The molecule has 0 spiro atoms. The minimum absolute atomic E-state index is 1.09. The van der Waals surface area contributed by atoms with Crippen molar-refractivity contribution < 1.29 is 0 Å². The van der Waals surface area contributed by atoms with Gasteiger partial charge in [0.25, 0.3) is 0 Å². The first-order chi connectivity index (χ1) is 7.00. The van der Waals surface area contributed by atoms with E-state index in [2.05, 4.69) is 77.6 Å². The van der Waals surface area contributed by atoms with Crippen LogP contribution in [-0.2, 0) is 6.42 Å². The molecule has 84 valence electrons. The SMILES string of the molecule is CCCCc1c(Br)c(Br)c(C)c(Br)c1Br. The first-order valence-electron chi connectivity index (χ1n) is 4.82. The second-order valence-electron chi connectivity index (χ2n) is 3.46. The molecule has 1 aromatic rings. The van der Waals surface area contributed by atoms with E-state index >= 15 is 0 Å². The molecular weight excluding hydrogens is 452 g/mol. The van der Waals surface area contributed by atoms with Gasteiger partial charge < -0.3 is 0 Å². The van der Waals surface area contributed by atoms with E-state index in [0.717, 1.165) is 15.4 Å². The number of halogens is 4. The first kappa shape index (κ1) is 14.2. The van der Waals surface area contributed by atoms with Crippen LogP contribution in [0, 0.1) is 6.92 Å². The fourth-order valence-corrected chi connectivity index (χ4v) is 4.15. The van der Waals surface area contributed by atoms with Crippen LogP contribution in [0.25, 0.3) is 0 Å². The summed E-state index contributed by atoms with van der Waals surface area (Å²) in [5.41, 5.74) is 2.55. The van der Waals surface area contributed by atoms with Crippen molar-refractivity contribution in [3.05, 3.63) is 29.0 Å². The molecule has 0 unspecified atom stereocenters.